The maximum atomic E-state index is 12.4. The topological polar surface area (TPSA) is 46.9 Å². The fraction of sp³-hybridized carbons (Fsp3) is 0.158. The minimum atomic E-state index is -0.439. The lowest BCUT2D eigenvalue weighted by molar-refractivity contribution is -0.119. The Morgan fingerprint density at radius 3 is 2.29 bits per heavy atom. The van der Waals surface area contributed by atoms with Crippen molar-refractivity contribution in [1.29, 1.82) is 0 Å². The standard InChI is InChI=1S/C19H18ClN3O/c1-13-18(20)12-21-23(13)14(2)19(24)22-17-10-8-16(9-11-17)15-6-4-3-5-7-15/h3-12,14H,1-2H3,(H,22,24). The number of nitrogens with one attached hydrogen (secondary N) is 1. The average molecular weight is 340 g/mol. The lowest BCUT2D eigenvalue weighted by atomic mass is 10.1. The van der Waals surface area contributed by atoms with Crippen molar-refractivity contribution in [3.8, 4) is 11.1 Å². The zero-order chi connectivity index (χ0) is 17.1. The number of carbonyl (C=O) groups excluding carboxylic acids is 1. The number of nitrogens with zero attached hydrogens (tertiary/aromatic N) is 2. The summed E-state index contributed by atoms with van der Waals surface area (Å²) in [7, 11) is 0. The highest BCUT2D eigenvalue weighted by Crippen LogP contribution is 2.22. The molecule has 0 spiro atoms. The molecule has 2 aromatic carbocycles. The van der Waals surface area contributed by atoms with Crippen LogP contribution in [0.5, 0.6) is 0 Å². The van der Waals surface area contributed by atoms with Gasteiger partial charge >= 0.3 is 0 Å². The van der Waals surface area contributed by atoms with Gasteiger partial charge in [-0.25, -0.2) is 0 Å². The molecule has 0 bridgehead atoms. The first-order valence-corrected chi connectivity index (χ1v) is 8.10. The number of amides is 1. The molecule has 5 heteroatoms. The fourth-order valence-electron chi connectivity index (χ4n) is 2.53. The molecular weight excluding hydrogens is 322 g/mol. The van der Waals surface area contributed by atoms with Crippen LogP contribution in [0.3, 0.4) is 0 Å². The minimum Gasteiger partial charge on any atom is -0.324 e. The molecule has 1 N–H and O–H groups in total. The van der Waals surface area contributed by atoms with E-state index in [-0.39, 0.29) is 5.91 Å². The highest BCUT2D eigenvalue weighted by atomic mass is 35.5. The van der Waals surface area contributed by atoms with Crippen molar-refractivity contribution in [3.05, 3.63) is 71.5 Å². The lowest BCUT2D eigenvalue weighted by Crippen LogP contribution is -2.25. The summed E-state index contributed by atoms with van der Waals surface area (Å²) in [4.78, 5) is 12.4. The molecule has 4 nitrogen and oxygen atoms in total. The number of halogens is 1. The van der Waals surface area contributed by atoms with Gasteiger partial charge in [-0.15, -0.1) is 0 Å². The van der Waals surface area contributed by atoms with Crippen LogP contribution in [0, 0.1) is 6.92 Å². The van der Waals surface area contributed by atoms with Crippen molar-refractivity contribution < 1.29 is 4.79 Å². The first-order valence-electron chi connectivity index (χ1n) is 7.72. The Kier molecular flexibility index (Phi) is 4.67. The van der Waals surface area contributed by atoms with E-state index < -0.39 is 6.04 Å². The van der Waals surface area contributed by atoms with Crippen LogP contribution in [0.25, 0.3) is 11.1 Å². The number of hydrogen-bond acceptors (Lipinski definition) is 2. The van der Waals surface area contributed by atoms with Crippen LogP contribution in [-0.4, -0.2) is 15.7 Å². The third kappa shape index (κ3) is 3.34. The van der Waals surface area contributed by atoms with E-state index >= 15 is 0 Å². The molecule has 1 unspecified atom stereocenters. The van der Waals surface area contributed by atoms with E-state index in [2.05, 4.69) is 22.5 Å². The van der Waals surface area contributed by atoms with Crippen molar-refractivity contribution >= 4 is 23.2 Å². The summed E-state index contributed by atoms with van der Waals surface area (Å²) in [6.45, 7) is 3.64. The predicted octanol–water partition coefficient (Wildman–Crippen LogP) is 4.71. The normalized spacial score (nSPS) is 12.0. The zero-order valence-electron chi connectivity index (χ0n) is 13.5. The predicted molar refractivity (Wildman–Crippen MR) is 97.2 cm³/mol. The Morgan fingerprint density at radius 2 is 1.71 bits per heavy atom. The van der Waals surface area contributed by atoms with Crippen LogP contribution >= 0.6 is 11.6 Å². The molecule has 122 valence electrons. The molecule has 0 aliphatic carbocycles. The molecule has 0 saturated heterocycles. The Morgan fingerprint density at radius 1 is 1.08 bits per heavy atom. The Labute approximate surface area is 146 Å². The molecule has 24 heavy (non-hydrogen) atoms. The summed E-state index contributed by atoms with van der Waals surface area (Å²) in [6, 6.07) is 17.5. The Balaban J connectivity index is 1.72. The monoisotopic (exact) mass is 339 g/mol. The van der Waals surface area contributed by atoms with Crippen LogP contribution < -0.4 is 5.32 Å². The number of rotatable bonds is 4. The van der Waals surface area contributed by atoms with Gasteiger partial charge in [0.25, 0.3) is 0 Å². The van der Waals surface area contributed by atoms with Gasteiger partial charge in [0.15, 0.2) is 0 Å². The van der Waals surface area contributed by atoms with Crippen molar-refractivity contribution in [1.82, 2.24) is 9.78 Å². The molecule has 1 aromatic heterocycles. The number of hydrogen-bond donors (Lipinski definition) is 1. The first-order chi connectivity index (χ1) is 11.6. The average Bonchev–Trinajstić information content (AvgIpc) is 2.95. The third-order valence-corrected chi connectivity index (χ3v) is 4.36. The van der Waals surface area contributed by atoms with E-state index in [4.69, 9.17) is 11.6 Å². The van der Waals surface area contributed by atoms with Crippen LogP contribution in [0.4, 0.5) is 5.69 Å². The zero-order valence-corrected chi connectivity index (χ0v) is 14.3. The van der Waals surface area contributed by atoms with Crippen LogP contribution in [0.2, 0.25) is 5.02 Å². The van der Waals surface area contributed by atoms with Gasteiger partial charge in [0.05, 0.1) is 16.9 Å². The maximum absolute atomic E-state index is 12.4. The van der Waals surface area contributed by atoms with Gasteiger partial charge in [0, 0.05) is 5.69 Å². The molecule has 0 saturated carbocycles. The van der Waals surface area contributed by atoms with Gasteiger partial charge in [-0.2, -0.15) is 5.10 Å². The summed E-state index contributed by atoms with van der Waals surface area (Å²) in [5.41, 5.74) is 3.78. The number of anilines is 1. The molecule has 0 radical (unpaired) electrons. The summed E-state index contributed by atoms with van der Waals surface area (Å²) in [5, 5.41) is 7.63. The van der Waals surface area contributed by atoms with Gasteiger partial charge in [-0.05, 0) is 37.1 Å². The molecule has 1 heterocycles. The molecule has 3 rings (SSSR count). The molecule has 0 aliphatic heterocycles. The minimum absolute atomic E-state index is 0.134. The highest BCUT2D eigenvalue weighted by molar-refractivity contribution is 6.31. The van der Waals surface area contributed by atoms with Gasteiger partial charge in [0.1, 0.15) is 6.04 Å². The van der Waals surface area contributed by atoms with E-state index in [9.17, 15) is 4.79 Å². The maximum Gasteiger partial charge on any atom is 0.248 e. The van der Waals surface area contributed by atoms with Gasteiger partial charge in [-0.3, -0.25) is 9.48 Å². The van der Waals surface area contributed by atoms with E-state index in [0.717, 1.165) is 22.5 Å². The van der Waals surface area contributed by atoms with Crippen LogP contribution in [-0.2, 0) is 4.79 Å². The van der Waals surface area contributed by atoms with Crippen molar-refractivity contribution in [2.75, 3.05) is 5.32 Å². The summed E-state index contributed by atoms with van der Waals surface area (Å²) in [6.07, 6.45) is 1.55. The molecule has 3 aromatic rings. The van der Waals surface area contributed by atoms with E-state index in [1.807, 2.05) is 49.4 Å². The second-order valence-electron chi connectivity index (χ2n) is 5.63. The van der Waals surface area contributed by atoms with Gasteiger partial charge < -0.3 is 5.32 Å². The largest absolute Gasteiger partial charge is 0.324 e. The highest BCUT2D eigenvalue weighted by Gasteiger charge is 2.18. The van der Waals surface area contributed by atoms with Gasteiger partial charge in [0.2, 0.25) is 5.91 Å². The number of carbonyl (C=O) groups is 1. The number of benzene rings is 2. The second-order valence-corrected chi connectivity index (χ2v) is 6.04. The van der Waals surface area contributed by atoms with E-state index in [1.54, 1.807) is 17.8 Å². The third-order valence-electron chi connectivity index (χ3n) is 3.99. The SMILES string of the molecule is Cc1c(Cl)cnn1C(C)C(=O)Nc1ccc(-c2ccccc2)cc1. The van der Waals surface area contributed by atoms with Crippen molar-refractivity contribution in [3.63, 3.8) is 0 Å². The van der Waals surface area contributed by atoms with E-state index in [0.29, 0.717) is 5.02 Å². The number of aromatic nitrogens is 2. The van der Waals surface area contributed by atoms with Crippen LogP contribution in [0.15, 0.2) is 60.8 Å². The van der Waals surface area contributed by atoms with Crippen LogP contribution in [0.1, 0.15) is 18.7 Å². The van der Waals surface area contributed by atoms with Crippen molar-refractivity contribution in [2.45, 2.75) is 19.9 Å². The molecule has 1 amide bonds. The second kappa shape index (κ2) is 6.89. The summed E-state index contributed by atoms with van der Waals surface area (Å²) < 4.78 is 1.62. The summed E-state index contributed by atoms with van der Waals surface area (Å²) in [5.74, 6) is -0.134. The first kappa shape index (κ1) is 16.3. The molecule has 1 atom stereocenters. The Bertz CT molecular complexity index is 841. The fourth-order valence-corrected chi connectivity index (χ4v) is 2.66. The lowest BCUT2D eigenvalue weighted by Gasteiger charge is -2.14. The smallest absolute Gasteiger partial charge is 0.248 e. The Hall–Kier alpha value is -2.59. The molecular formula is C19H18ClN3O. The van der Waals surface area contributed by atoms with E-state index in [1.165, 1.54) is 0 Å². The summed E-state index contributed by atoms with van der Waals surface area (Å²) >= 11 is 6.00. The van der Waals surface area contributed by atoms with Gasteiger partial charge in [-0.1, -0.05) is 54.1 Å². The molecule has 0 fully saturated rings. The quantitative estimate of drug-likeness (QED) is 0.748. The van der Waals surface area contributed by atoms with Crippen molar-refractivity contribution in [2.24, 2.45) is 0 Å². The molecule has 0 aliphatic rings.